The largest absolute Gasteiger partial charge is 0.481 e. The van der Waals surface area contributed by atoms with E-state index in [1.807, 2.05) is 0 Å². The van der Waals surface area contributed by atoms with Crippen LogP contribution in [0.25, 0.3) is 0 Å². The third-order valence-corrected chi connectivity index (χ3v) is 3.53. The van der Waals surface area contributed by atoms with E-state index in [1.165, 1.54) is 6.33 Å². The Morgan fingerprint density at radius 3 is 3.00 bits per heavy atom. The van der Waals surface area contributed by atoms with Crippen molar-refractivity contribution in [2.45, 2.75) is 37.0 Å². The zero-order chi connectivity index (χ0) is 13.1. The Kier molecular flexibility index (Phi) is 3.85. The smallest absolute Gasteiger partial charge is 0.313 e. The van der Waals surface area contributed by atoms with Crippen LogP contribution in [0, 0.1) is 0 Å². The molecule has 1 aromatic heterocycles. The van der Waals surface area contributed by atoms with Crippen LogP contribution in [-0.4, -0.2) is 43.5 Å². The number of carbonyl (C=O) groups excluding carboxylic acids is 1. The van der Waals surface area contributed by atoms with Gasteiger partial charge in [-0.25, -0.2) is 0 Å². The molecule has 0 bridgehead atoms. The third kappa shape index (κ3) is 3.22. The van der Waals surface area contributed by atoms with Crippen molar-refractivity contribution in [3.05, 3.63) is 6.33 Å². The van der Waals surface area contributed by atoms with Crippen LogP contribution in [-0.2, 0) is 9.59 Å². The van der Waals surface area contributed by atoms with Gasteiger partial charge in [0.25, 0.3) is 0 Å². The average Bonchev–Trinajstić information content (AvgIpc) is 3.01. The molecule has 0 aliphatic heterocycles. The minimum atomic E-state index is -0.926. The predicted molar refractivity (Wildman–Crippen MR) is 64.3 cm³/mol. The number of aromatic nitrogens is 3. The van der Waals surface area contributed by atoms with Gasteiger partial charge in [0.05, 0.1) is 5.75 Å². The molecule has 98 valence electrons. The molecule has 7 nitrogen and oxygen atoms in total. The highest BCUT2D eigenvalue weighted by Crippen LogP contribution is 2.22. The number of amides is 1. The average molecular weight is 270 g/mol. The van der Waals surface area contributed by atoms with Crippen molar-refractivity contribution in [1.29, 1.82) is 0 Å². The fourth-order valence-electron chi connectivity index (χ4n) is 1.40. The summed E-state index contributed by atoms with van der Waals surface area (Å²) in [5.41, 5.74) is 0. The predicted octanol–water partition coefficient (Wildman–Crippen LogP) is 0.294. The van der Waals surface area contributed by atoms with Gasteiger partial charge in [-0.15, -0.1) is 10.2 Å². The van der Waals surface area contributed by atoms with Crippen LogP contribution in [0.1, 0.15) is 25.8 Å². The van der Waals surface area contributed by atoms with Crippen LogP contribution in [0.3, 0.4) is 0 Å². The second kappa shape index (κ2) is 5.38. The highest BCUT2D eigenvalue weighted by molar-refractivity contribution is 7.99. The van der Waals surface area contributed by atoms with E-state index < -0.39 is 12.0 Å². The normalized spacial score (nSPS) is 16.3. The monoisotopic (exact) mass is 270 g/mol. The van der Waals surface area contributed by atoms with E-state index >= 15 is 0 Å². The van der Waals surface area contributed by atoms with Gasteiger partial charge in [0.2, 0.25) is 5.91 Å². The van der Waals surface area contributed by atoms with Crippen molar-refractivity contribution in [2.24, 2.45) is 0 Å². The first kappa shape index (κ1) is 12.9. The molecule has 0 saturated heterocycles. The van der Waals surface area contributed by atoms with Gasteiger partial charge in [-0.05, 0) is 19.8 Å². The maximum Gasteiger partial charge on any atom is 0.313 e. The molecule has 2 N–H and O–H groups in total. The summed E-state index contributed by atoms with van der Waals surface area (Å²) in [6.45, 7) is 1.74. The SMILES string of the molecule is CC(C(=O)NC1CC1)n1cnnc1SCC(=O)O. The number of hydrogen-bond donors (Lipinski definition) is 2. The second-order valence-electron chi connectivity index (χ2n) is 4.16. The Labute approximate surface area is 108 Å². The van der Waals surface area contributed by atoms with Gasteiger partial charge in [0.15, 0.2) is 5.16 Å². The fraction of sp³-hybridized carbons (Fsp3) is 0.600. The zero-order valence-corrected chi connectivity index (χ0v) is 10.7. The molecule has 2 rings (SSSR count). The van der Waals surface area contributed by atoms with Crippen LogP contribution in [0.5, 0.6) is 0 Å². The van der Waals surface area contributed by atoms with Crippen molar-refractivity contribution >= 4 is 23.6 Å². The number of carboxylic acid groups (broad SMARTS) is 1. The van der Waals surface area contributed by atoms with E-state index in [4.69, 9.17) is 5.11 Å². The van der Waals surface area contributed by atoms with Crippen LogP contribution < -0.4 is 5.32 Å². The first-order valence-electron chi connectivity index (χ1n) is 5.62. The summed E-state index contributed by atoms with van der Waals surface area (Å²) in [6, 6.07) is -0.136. The van der Waals surface area contributed by atoms with Crippen molar-refractivity contribution in [3.8, 4) is 0 Å². The molecular weight excluding hydrogens is 256 g/mol. The van der Waals surface area contributed by atoms with Crippen LogP contribution in [0.15, 0.2) is 11.5 Å². The van der Waals surface area contributed by atoms with E-state index in [1.54, 1.807) is 11.5 Å². The lowest BCUT2D eigenvalue weighted by Crippen LogP contribution is -2.32. The summed E-state index contributed by atoms with van der Waals surface area (Å²) in [5.74, 6) is -1.12. The standard InChI is InChI=1S/C10H14N4O3S/c1-6(9(17)12-7-2-3-7)14-5-11-13-10(14)18-4-8(15)16/h5-7H,2-4H2,1H3,(H,12,17)(H,15,16). The molecular formula is C10H14N4O3S. The van der Waals surface area contributed by atoms with E-state index in [0.717, 1.165) is 24.6 Å². The quantitative estimate of drug-likeness (QED) is 0.721. The summed E-state index contributed by atoms with van der Waals surface area (Å²) in [7, 11) is 0. The Balaban J connectivity index is 1.99. The highest BCUT2D eigenvalue weighted by atomic mass is 32.2. The first-order chi connectivity index (χ1) is 8.58. The molecule has 1 heterocycles. The van der Waals surface area contributed by atoms with Crippen LogP contribution in [0.4, 0.5) is 0 Å². The summed E-state index contributed by atoms with van der Waals surface area (Å²) < 4.78 is 1.59. The minimum absolute atomic E-state index is 0.0884. The maximum atomic E-state index is 11.9. The highest BCUT2D eigenvalue weighted by Gasteiger charge is 2.27. The molecule has 1 aliphatic carbocycles. The third-order valence-electron chi connectivity index (χ3n) is 2.59. The van der Waals surface area contributed by atoms with Gasteiger partial charge in [-0.3, -0.25) is 14.2 Å². The molecule has 1 atom stereocenters. The van der Waals surface area contributed by atoms with Gasteiger partial charge >= 0.3 is 5.97 Å². The minimum Gasteiger partial charge on any atom is -0.481 e. The van der Waals surface area contributed by atoms with E-state index in [-0.39, 0.29) is 11.7 Å². The van der Waals surface area contributed by atoms with E-state index in [2.05, 4.69) is 15.5 Å². The zero-order valence-electron chi connectivity index (χ0n) is 9.87. The van der Waals surface area contributed by atoms with Gasteiger partial charge in [-0.2, -0.15) is 0 Å². The molecule has 0 aromatic carbocycles. The number of rotatable bonds is 6. The van der Waals surface area contributed by atoms with Crippen molar-refractivity contribution < 1.29 is 14.7 Å². The Morgan fingerprint density at radius 2 is 2.39 bits per heavy atom. The van der Waals surface area contributed by atoms with E-state index in [0.29, 0.717) is 11.2 Å². The fourth-order valence-corrected chi connectivity index (χ4v) is 2.11. The van der Waals surface area contributed by atoms with Crippen molar-refractivity contribution in [1.82, 2.24) is 20.1 Å². The number of hydrogen-bond acceptors (Lipinski definition) is 5. The molecule has 0 spiro atoms. The van der Waals surface area contributed by atoms with Gasteiger partial charge in [0, 0.05) is 6.04 Å². The molecule has 18 heavy (non-hydrogen) atoms. The second-order valence-corrected chi connectivity index (χ2v) is 5.10. The van der Waals surface area contributed by atoms with Gasteiger partial charge in [0.1, 0.15) is 12.4 Å². The molecule has 0 radical (unpaired) electrons. The van der Waals surface area contributed by atoms with Crippen molar-refractivity contribution in [2.75, 3.05) is 5.75 Å². The maximum absolute atomic E-state index is 11.9. The van der Waals surface area contributed by atoms with Gasteiger partial charge in [-0.1, -0.05) is 11.8 Å². The topological polar surface area (TPSA) is 97.1 Å². The van der Waals surface area contributed by atoms with Crippen LogP contribution in [0.2, 0.25) is 0 Å². The van der Waals surface area contributed by atoms with E-state index in [9.17, 15) is 9.59 Å². The molecule has 8 heteroatoms. The summed E-state index contributed by atoms with van der Waals surface area (Å²) in [4.78, 5) is 22.4. The number of thioether (sulfide) groups is 1. The Morgan fingerprint density at radius 1 is 1.67 bits per heavy atom. The van der Waals surface area contributed by atoms with Crippen molar-refractivity contribution in [3.63, 3.8) is 0 Å². The number of nitrogens with zero attached hydrogens (tertiary/aromatic N) is 3. The molecule has 1 aromatic rings. The summed E-state index contributed by atoms with van der Waals surface area (Å²) in [5, 5.41) is 19.5. The summed E-state index contributed by atoms with van der Waals surface area (Å²) >= 11 is 1.05. The molecule has 1 aliphatic rings. The molecule has 1 saturated carbocycles. The summed E-state index contributed by atoms with van der Waals surface area (Å²) in [6.07, 6.45) is 3.50. The number of carbonyl (C=O) groups is 2. The lowest BCUT2D eigenvalue weighted by molar-refractivity contribution is -0.134. The first-order valence-corrected chi connectivity index (χ1v) is 6.61. The Hall–Kier alpha value is -1.57. The van der Waals surface area contributed by atoms with Crippen LogP contribution >= 0.6 is 11.8 Å². The number of nitrogens with one attached hydrogen (secondary N) is 1. The molecule has 1 fully saturated rings. The molecule has 1 unspecified atom stereocenters. The Bertz CT molecular complexity index is 458. The number of carboxylic acids is 1. The van der Waals surface area contributed by atoms with Gasteiger partial charge < -0.3 is 10.4 Å². The molecule has 1 amide bonds. The number of aliphatic carboxylic acids is 1. The lowest BCUT2D eigenvalue weighted by atomic mass is 10.3. The lowest BCUT2D eigenvalue weighted by Gasteiger charge is -2.14.